The van der Waals surface area contributed by atoms with Crippen molar-refractivity contribution in [3.63, 3.8) is 0 Å². The second-order valence-electron chi connectivity index (χ2n) is 5.65. The van der Waals surface area contributed by atoms with Crippen molar-refractivity contribution in [2.24, 2.45) is 0 Å². The lowest BCUT2D eigenvalue weighted by atomic mass is 9.91. The van der Waals surface area contributed by atoms with E-state index in [0.29, 0.717) is 11.1 Å². The summed E-state index contributed by atoms with van der Waals surface area (Å²) < 4.78 is 41.0. The maximum atomic E-state index is 13.7. The third-order valence-corrected chi connectivity index (χ3v) is 4.03. The molecule has 1 atom stereocenters. The largest absolute Gasteiger partial charge is 0.401 e. The molecular formula is C18H14F3N3. The van der Waals surface area contributed by atoms with E-state index in [9.17, 15) is 13.2 Å². The molecule has 0 amide bonds. The van der Waals surface area contributed by atoms with E-state index in [-0.39, 0.29) is 17.7 Å². The molecule has 0 radical (unpaired) electrons. The number of rotatable bonds is 3. The van der Waals surface area contributed by atoms with Crippen LogP contribution in [0, 0.1) is 18.3 Å². The third kappa shape index (κ3) is 2.98. The maximum absolute atomic E-state index is 13.7. The molecule has 3 nitrogen and oxygen atoms in total. The van der Waals surface area contributed by atoms with Gasteiger partial charge in [0.05, 0.1) is 30.2 Å². The summed E-state index contributed by atoms with van der Waals surface area (Å²) in [5.74, 6) is -1.76. The van der Waals surface area contributed by atoms with Crippen molar-refractivity contribution < 1.29 is 13.2 Å². The summed E-state index contributed by atoms with van der Waals surface area (Å²) in [6.07, 6.45) is -2.94. The number of aryl methyl sites for hydroxylation is 1. The number of aromatic amines is 1. The molecule has 1 heterocycles. The van der Waals surface area contributed by atoms with Crippen molar-refractivity contribution in [3.05, 3.63) is 65.2 Å². The average molecular weight is 329 g/mol. The second-order valence-corrected chi connectivity index (χ2v) is 5.65. The highest BCUT2D eigenvalue weighted by atomic mass is 19.4. The Labute approximate surface area is 136 Å². The van der Waals surface area contributed by atoms with Crippen LogP contribution in [0.3, 0.4) is 0 Å². The minimum Gasteiger partial charge on any atom is -0.347 e. The number of imidazole rings is 1. The molecule has 0 unspecified atom stereocenters. The van der Waals surface area contributed by atoms with Crippen molar-refractivity contribution in [2.45, 2.75) is 25.4 Å². The Bertz CT molecular complexity index is 919. The van der Waals surface area contributed by atoms with E-state index in [2.05, 4.69) is 9.97 Å². The molecule has 0 spiro atoms. The molecule has 6 heteroatoms. The van der Waals surface area contributed by atoms with Crippen molar-refractivity contribution >= 4 is 10.8 Å². The fourth-order valence-corrected chi connectivity index (χ4v) is 2.88. The van der Waals surface area contributed by atoms with Crippen LogP contribution < -0.4 is 0 Å². The number of aromatic nitrogens is 2. The molecule has 0 aliphatic rings. The predicted molar refractivity (Wildman–Crippen MR) is 84.5 cm³/mol. The van der Waals surface area contributed by atoms with Gasteiger partial charge in [-0.25, -0.2) is 4.98 Å². The third-order valence-electron chi connectivity index (χ3n) is 4.03. The maximum Gasteiger partial charge on any atom is 0.401 e. The molecule has 24 heavy (non-hydrogen) atoms. The Hall–Kier alpha value is -2.81. The Balaban J connectivity index is 2.14. The number of H-pyrrole nitrogens is 1. The molecule has 1 aromatic heterocycles. The Morgan fingerprint density at radius 1 is 1.17 bits per heavy atom. The lowest BCUT2D eigenvalue weighted by molar-refractivity contribution is -0.141. The first-order valence-corrected chi connectivity index (χ1v) is 7.36. The smallest absolute Gasteiger partial charge is 0.347 e. The lowest BCUT2D eigenvalue weighted by Gasteiger charge is -2.21. The van der Waals surface area contributed by atoms with Crippen molar-refractivity contribution in [1.29, 1.82) is 5.26 Å². The zero-order valence-electron chi connectivity index (χ0n) is 12.9. The van der Waals surface area contributed by atoms with Crippen LogP contribution in [0.5, 0.6) is 0 Å². The standard InChI is InChI=1S/C18H14F3N3/c1-11-17(24-10-23-11)16(18(19,20)21)14-5-4-13-3-2-12(6-7-22)8-15(13)9-14/h2-5,8-10,16H,6H2,1H3,(H,23,24)/t16-/m1/s1. The number of halogens is 3. The number of fused-ring (bicyclic) bond motifs is 1. The summed E-state index contributed by atoms with van der Waals surface area (Å²) in [5.41, 5.74) is 1.31. The van der Waals surface area contributed by atoms with E-state index in [1.165, 1.54) is 18.5 Å². The predicted octanol–water partition coefficient (Wildman–Crippen LogP) is 4.63. The van der Waals surface area contributed by atoms with Crippen molar-refractivity contribution in [3.8, 4) is 6.07 Å². The molecule has 1 N–H and O–H groups in total. The number of alkyl halides is 3. The van der Waals surface area contributed by atoms with Gasteiger partial charge in [-0.1, -0.05) is 36.4 Å². The molecule has 3 aromatic rings. The highest BCUT2D eigenvalue weighted by Gasteiger charge is 2.43. The van der Waals surface area contributed by atoms with Crippen LogP contribution in [0.15, 0.2) is 42.7 Å². The van der Waals surface area contributed by atoms with Crippen molar-refractivity contribution in [2.75, 3.05) is 0 Å². The van der Waals surface area contributed by atoms with Crippen LogP contribution in [0.2, 0.25) is 0 Å². The lowest BCUT2D eigenvalue weighted by Crippen LogP contribution is -2.23. The number of nitrogens with zero attached hydrogens (tertiary/aromatic N) is 2. The zero-order valence-corrected chi connectivity index (χ0v) is 12.9. The molecule has 0 aliphatic heterocycles. The molecular weight excluding hydrogens is 315 g/mol. The first kappa shape index (κ1) is 16.1. The van der Waals surface area contributed by atoms with Gasteiger partial charge >= 0.3 is 6.18 Å². The van der Waals surface area contributed by atoms with E-state index < -0.39 is 12.1 Å². The number of hydrogen-bond acceptors (Lipinski definition) is 2. The fraction of sp³-hybridized carbons (Fsp3) is 0.222. The molecule has 0 aliphatic carbocycles. The number of benzene rings is 2. The monoisotopic (exact) mass is 329 g/mol. The van der Waals surface area contributed by atoms with Crippen LogP contribution >= 0.6 is 0 Å². The van der Waals surface area contributed by atoms with Crippen LogP contribution in [0.25, 0.3) is 10.8 Å². The van der Waals surface area contributed by atoms with Gasteiger partial charge in [-0.2, -0.15) is 18.4 Å². The van der Waals surface area contributed by atoms with Gasteiger partial charge in [-0.3, -0.25) is 0 Å². The molecule has 2 aromatic carbocycles. The van der Waals surface area contributed by atoms with Gasteiger partial charge in [0.25, 0.3) is 0 Å². The SMILES string of the molecule is Cc1nc[nH]c1[C@@H](c1ccc2ccc(CC#N)cc2c1)C(F)(F)F. The first-order valence-electron chi connectivity index (χ1n) is 7.36. The summed E-state index contributed by atoms with van der Waals surface area (Å²) in [4.78, 5) is 6.50. The Morgan fingerprint density at radius 2 is 1.92 bits per heavy atom. The fourth-order valence-electron chi connectivity index (χ4n) is 2.88. The van der Waals surface area contributed by atoms with Crippen molar-refractivity contribution in [1.82, 2.24) is 9.97 Å². The van der Waals surface area contributed by atoms with Crippen LogP contribution in [-0.2, 0) is 6.42 Å². The summed E-state index contributed by atoms with van der Waals surface area (Å²) >= 11 is 0. The second kappa shape index (κ2) is 6.00. The summed E-state index contributed by atoms with van der Waals surface area (Å²) in [5, 5.41) is 10.3. The average Bonchev–Trinajstić information content (AvgIpc) is 2.92. The molecule has 0 bridgehead atoms. The number of nitriles is 1. The minimum atomic E-state index is -4.44. The van der Waals surface area contributed by atoms with Crippen LogP contribution in [0.1, 0.15) is 28.4 Å². The summed E-state index contributed by atoms with van der Waals surface area (Å²) in [6.45, 7) is 1.55. The molecule has 0 saturated heterocycles. The topological polar surface area (TPSA) is 52.5 Å². The molecule has 122 valence electrons. The van der Waals surface area contributed by atoms with E-state index >= 15 is 0 Å². The first-order chi connectivity index (χ1) is 11.4. The number of hydrogen-bond donors (Lipinski definition) is 1. The van der Waals surface area contributed by atoms with Crippen LogP contribution in [0.4, 0.5) is 13.2 Å². The number of nitrogens with one attached hydrogen (secondary N) is 1. The van der Waals surface area contributed by atoms with E-state index in [1.54, 1.807) is 19.1 Å². The normalized spacial score (nSPS) is 13.0. The van der Waals surface area contributed by atoms with Gasteiger partial charge in [-0.05, 0) is 28.8 Å². The van der Waals surface area contributed by atoms with Gasteiger partial charge in [0.1, 0.15) is 5.92 Å². The highest BCUT2D eigenvalue weighted by Crippen LogP contribution is 2.41. The van der Waals surface area contributed by atoms with Gasteiger partial charge in [0.2, 0.25) is 0 Å². The highest BCUT2D eigenvalue weighted by molar-refractivity contribution is 5.84. The van der Waals surface area contributed by atoms with E-state index in [4.69, 9.17) is 5.26 Å². The van der Waals surface area contributed by atoms with Gasteiger partial charge in [0.15, 0.2) is 0 Å². The van der Waals surface area contributed by atoms with Gasteiger partial charge in [0, 0.05) is 0 Å². The minimum absolute atomic E-state index is 0.0510. The van der Waals surface area contributed by atoms with Gasteiger partial charge in [-0.15, -0.1) is 0 Å². The zero-order chi connectivity index (χ0) is 17.3. The summed E-state index contributed by atoms with van der Waals surface area (Å²) in [6, 6.07) is 12.1. The summed E-state index contributed by atoms with van der Waals surface area (Å²) in [7, 11) is 0. The molecule has 0 fully saturated rings. The molecule has 3 rings (SSSR count). The van der Waals surface area contributed by atoms with E-state index in [1.807, 2.05) is 18.2 Å². The molecule has 0 saturated carbocycles. The Morgan fingerprint density at radius 3 is 2.54 bits per heavy atom. The van der Waals surface area contributed by atoms with Crippen LogP contribution in [-0.4, -0.2) is 16.1 Å². The van der Waals surface area contributed by atoms with E-state index in [0.717, 1.165) is 10.9 Å². The quantitative estimate of drug-likeness (QED) is 0.761. The Kier molecular flexibility index (Phi) is 4.02. The van der Waals surface area contributed by atoms with Gasteiger partial charge < -0.3 is 4.98 Å².